The van der Waals surface area contributed by atoms with Crippen molar-refractivity contribution in [2.75, 3.05) is 0 Å². The van der Waals surface area contributed by atoms with E-state index in [9.17, 15) is 0 Å². The Kier molecular flexibility index (Phi) is 7.42. The van der Waals surface area contributed by atoms with Crippen LogP contribution in [0.3, 0.4) is 0 Å². The van der Waals surface area contributed by atoms with Crippen molar-refractivity contribution in [2.24, 2.45) is 0 Å². The number of para-hydroxylation sites is 1. The first kappa shape index (κ1) is 31.9. The molecule has 0 fully saturated rings. The number of rotatable bonds is 6. The van der Waals surface area contributed by atoms with Crippen molar-refractivity contribution in [3.05, 3.63) is 188 Å². The summed E-state index contributed by atoms with van der Waals surface area (Å²) in [4.78, 5) is 14.9. The van der Waals surface area contributed by atoms with E-state index in [0.29, 0.717) is 17.5 Å². The topological polar surface area (TPSA) is 65.0 Å². The molecule has 0 aliphatic rings. The van der Waals surface area contributed by atoms with Gasteiger partial charge in [0, 0.05) is 38.2 Å². The first-order chi connectivity index (χ1) is 27.7. The van der Waals surface area contributed by atoms with Gasteiger partial charge in [0.15, 0.2) is 17.5 Å². The number of aromatic nitrogens is 3. The molecule has 8 aromatic carbocycles. The molecule has 0 amide bonds. The molecule has 0 N–H and O–H groups in total. The molecule has 56 heavy (non-hydrogen) atoms. The molecule has 0 saturated heterocycles. The molecule has 0 aliphatic carbocycles. The van der Waals surface area contributed by atoms with Crippen LogP contribution < -0.4 is 0 Å². The van der Waals surface area contributed by atoms with Crippen LogP contribution in [0, 0.1) is 0 Å². The highest BCUT2D eigenvalue weighted by atomic mass is 16.3. The number of nitrogens with zero attached hydrogens (tertiary/aromatic N) is 3. The number of hydrogen-bond donors (Lipinski definition) is 0. The first-order valence-corrected chi connectivity index (χ1v) is 18.7. The Bertz CT molecular complexity index is 3220. The summed E-state index contributed by atoms with van der Waals surface area (Å²) < 4.78 is 12.9. The quantitative estimate of drug-likeness (QED) is 0.171. The van der Waals surface area contributed by atoms with Crippen LogP contribution in [0.2, 0.25) is 0 Å². The molecule has 3 aromatic heterocycles. The molecule has 11 rings (SSSR count). The van der Waals surface area contributed by atoms with Gasteiger partial charge in [0.2, 0.25) is 0 Å². The van der Waals surface area contributed by atoms with E-state index in [-0.39, 0.29) is 0 Å². The maximum atomic E-state index is 6.50. The highest BCUT2D eigenvalue weighted by Crippen LogP contribution is 2.41. The second kappa shape index (κ2) is 13.0. The summed E-state index contributed by atoms with van der Waals surface area (Å²) in [5, 5.41) is 4.30. The molecule has 0 unspecified atom stereocenters. The predicted molar refractivity (Wildman–Crippen MR) is 227 cm³/mol. The van der Waals surface area contributed by atoms with E-state index in [2.05, 4.69) is 127 Å². The number of benzene rings is 8. The van der Waals surface area contributed by atoms with Gasteiger partial charge < -0.3 is 8.83 Å². The summed E-state index contributed by atoms with van der Waals surface area (Å²) >= 11 is 0. The van der Waals surface area contributed by atoms with Gasteiger partial charge in [-0.15, -0.1) is 0 Å². The Morgan fingerprint density at radius 1 is 0.268 bits per heavy atom. The summed E-state index contributed by atoms with van der Waals surface area (Å²) in [6.45, 7) is 0. The summed E-state index contributed by atoms with van der Waals surface area (Å²) in [5.74, 6) is 1.80. The molecular weight excluding hydrogens is 687 g/mol. The third kappa shape index (κ3) is 5.53. The average molecular weight is 718 g/mol. The smallest absolute Gasteiger partial charge is 0.164 e. The van der Waals surface area contributed by atoms with Crippen LogP contribution in [0.4, 0.5) is 0 Å². The lowest BCUT2D eigenvalue weighted by atomic mass is 9.94. The fourth-order valence-electron chi connectivity index (χ4n) is 7.76. The SMILES string of the molecule is c1ccc(-c2ccc(-c3nc(-c4ccccc4)nc(-c4ccc5c(c4)oc4ccc(-c6cc(-c7ccccc7)c7c(c6)oc6ccccc67)cc45)n3)cc2)cc1. The molecular formula is C51H31N3O2. The van der Waals surface area contributed by atoms with E-state index in [1.807, 2.05) is 60.7 Å². The minimum atomic E-state index is 0.580. The molecule has 0 saturated carbocycles. The zero-order valence-electron chi connectivity index (χ0n) is 30.1. The van der Waals surface area contributed by atoms with Crippen molar-refractivity contribution in [2.45, 2.75) is 0 Å². The minimum Gasteiger partial charge on any atom is -0.456 e. The van der Waals surface area contributed by atoms with Crippen molar-refractivity contribution in [1.82, 2.24) is 15.0 Å². The van der Waals surface area contributed by atoms with Gasteiger partial charge in [-0.25, -0.2) is 15.0 Å². The Hall–Kier alpha value is -7.63. The maximum absolute atomic E-state index is 6.50. The molecule has 0 atom stereocenters. The second-order valence-electron chi connectivity index (χ2n) is 14.0. The predicted octanol–water partition coefficient (Wildman–Crippen LogP) is 13.7. The third-order valence-corrected chi connectivity index (χ3v) is 10.5. The first-order valence-electron chi connectivity index (χ1n) is 18.7. The number of furan rings is 2. The monoisotopic (exact) mass is 717 g/mol. The standard InChI is InChI=1S/C51H31N3O2/c1-4-12-32(13-5-1)33-20-22-36(23-21-33)50-52-49(35-16-8-3-9-17-35)53-51(54-50)38-24-26-40-43-28-37(25-27-45(43)55-46(40)30-38)39-29-42(34-14-6-2-7-15-34)48-41-18-10-11-19-44(41)56-47(48)31-39/h1-31H. The van der Waals surface area contributed by atoms with E-state index in [1.54, 1.807) is 0 Å². The van der Waals surface area contributed by atoms with Crippen molar-refractivity contribution >= 4 is 43.9 Å². The van der Waals surface area contributed by atoms with Crippen LogP contribution >= 0.6 is 0 Å². The molecule has 0 bridgehead atoms. The van der Waals surface area contributed by atoms with Crippen molar-refractivity contribution in [1.29, 1.82) is 0 Å². The van der Waals surface area contributed by atoms with Crippen molar-refractivity contribution in [3.63, 3.8) is 0 Å². The normalized spacial score (nSPS) is 11.6. The van der Waals surface area contributed by atoms with Gasteiger partial charge in [-0.3, -0.25) is 0 Å². The van der Waals surface area contributed by atoms with Gasteiger partial charge in [0.25, 0.3) is 0 Å². The Labute approximate surface area is 322 Å². The van der Waals surface area contributed by atoms with Gasteiger partial charge in [-0.1, -0.05) is 146 Å². The van der Waals surface area contributed by atoms with Crippen molar-refractivity contribution in [3.8, 4) is 67.5 Å². The molecule has 5 heteroatoms. The largest absolute Gasteiger partial charge is 0.456 e. The molecule has 0 aliphatic heterocycles. The van der Waals surface area contributed by atoms with Crippen LogP contribution in [0.25, 0.3) is 111 Å². The van der Waals surface area contributed by atoms with E-state index < -0.39 is 0 Å². The molecule has 262 valence electrons. The van der Waals surface area contributed by atoms with Gasteiger partial charge in [0.1, 0.15) is 22.3 Å². The summed E-state index contributed by atoms with van der Waals surface area (Å²) in [5.41, 5.74) is 12.8. The van der Waals surface area contributed by atoms with Crippen LogP contribution in [0.5, 0.6) is 0 Å². The zero-order chi connectivity index (χ0) is 37.0. The second-order valence-corrected chi connectivity index (χ2v) is 14.0. The molecule has 3 heterocycles. The maximum Gasteiger partial charge on any atom is 0.164 e. The Balaban J connectivity index is 1.01. The molecule has 11 aromatic rings. The molecule has 5 nitrogen and oxygen atoms in total. The van der Waals surface area contributed by atoms with E-state index in [4.69, 9.17) is 23.8 Å². The zero-order valence-corrected chi connectivity index (χ0v) is 30.1. The Morgan fingerprint density at radius 3 is 1.50 bits per heavy atom. The number of hydrogen-bond acceptors (Lipinski definition) is 5. The van der Waals surface area contributed by atoms with Crippen LogP contribution in [-0.4, -0.2) is 15.0 Å². The fourth-order valence-corrected chi connectivity index (χ4v) is 7.76. The lowest BCUT2D eigenvalue weighted by molar-refractivity contribution is 0.669. The fraction of sp³-hybridized carbons (Fsp3) is 0. The highest BCUT2D eigenvalue weighted by Gasteiger charge is 2.18. The lowest BCUT2D eigenvalue weighted by Crippen LogP contribution is -2.00. The summed E-state index contributed by atoms with van der Waals surface area (Å²) in [7, 11) is 0. The van der Waals surface area contributed by atoms with Gasteiger partial charge in [0.05, 0.1) is 0 Å². The summed E-state index contributed by atoms with van der Waals surface area (Å²) in [6, 6.07) is 64.6. The lowest BCUT2D eigenvalue weighted by Gasteiger charge is -2.09. The van der Waals surface area contributed by atoms with E-state index in [1.165, 1.54) is 0 Å². The Morgan fingerprint density at radius 2 is 0.768 bits per heavy atom. The van der Waals surface area contributed by atoms with Gasteiger partial charge >= 0.3 is 0 Å². The van der Waals surface area contributed by atoms with Crippen LogP contribution in [0.1, 0.15) is 0 Å². The van der Waals surface area contributed by atoms with Crippen LogP contribution in [-0.2, 0) is 0 Å². The van der Waals surface area contributed by atoms with E-state index in [0.717, 1.165) is 93.9 Å². The van der Waals surface area contributed by atoms with Crippen LogP contribution in [0.15, 0.2) is 197 Å². The third-order valence-electron chi connectivity index (χ3n) is 10.5. The molecule has 0 radical (unpaired) electrons. The minimum absolute atomic E-state index is 0.580. The van der Waals surface area contributed by atoms with E-state index >= 15 is 0 Å². The summed E-state index contributed by atoms with van der Waals surface area (Å²) in [6.07, 6.45) is 0. The number of fused-ring (bicyclic) bond motifs is 6. The highest BCUT2D eigenvalue weighted by molar-refractivity contribution is 6.14. The van der Waals surface area contributed by atoms with Crippen molar-refractivity contribution < 1.29 is 8.83 Å². The van der Waals surface area contributed by atoms with Gasteiger partial charge in [-0.2, -0.15) is 0 Å². The van der Waals surface area contributed by atoms with Gasteiger partial charge in [-0.05, 0) is 75.8 Å². The average Bonchev–Trinajstić information content (AvgIpc) is 3.84. The molecule has 0 spiro atoms.